The van der Waals surface area contributed by atoms with E-state index in [1.54, 1.807) is 0 Å². The molecule has 0 aliphatic carbocycles. The first kappa shape index (κ1) is 67.2. The molecule has 0 aliphatic heterocycles. The van der Waals surface area contributed by atoms with Crippen LogP contribution in [0.3, 0.4) is 0 Å². The number of hydrogen-bond donors (Lipinski definition) is 1. The van der Waals surface area contributed by atoms with Crippen LogP contribution in [0.2, 0.25) is 0 Å². The molecule has 70 heavy (non-hydrogen) atoms. The number of nitrogens with zero attached hydrogens (tertiary/aromatic N) is 1. The van der Waals surface area contributed by atoms with Gasteiger partial charge in [0.25, 0.3) is 7.82 Å². The summed E-state index contributed by atoms with van der Waals surface area (Å²) in [7, 11) is 1.13. The van der Waals surface area contributed by atoms with E-state index >= 15 is 0 Å². The van der Waals surface area contributed by atoms with E-state index in [2.05, 4.69) is 86.8 Å². The predicted octanol–water partition coefficient (Wildman–Crippen LogP) is 16.4. The van der Waals surface area contributed by atoms with Gasteiger partial charge in [-0.05, 0) is 89.5 Å². The summed E-state index contributed by atoms with van der Waals surface area (Å²) in [6.07, 6.45) is 64.2. The Kier molecular flexibility index (Phi) is 47.8. The lowest BCUT2D eigenvalue weighted by Crippen LogP contribution is -2.47. The molecule has 0 radical (unpaired) electrons. The molecule has 1 amide bonds. The van der Waals surface area contributed by atoms with Crippen molar-refractivity contribution in [1.82, 2.24) is 5.32 Å². The molecule has 1 N–H and O–H groups in total. The summed E-state index contributed by atoms with van der Waals surface area (Å²) in [4.78, 5) is 39.8. The fraction of sp³-hybridized carbons (Fsp3) is 0.733. The van der Waals surface area contributed by atoms with Crippen LogP contribution in [-0.2, 0) is 27.9 Å². The van der Waals surface area contributed by atoms with Gasteiger partial charge in [-0.1, -0.05) is 215 Å². The lowest BCUT2D eigenvalue weighted by molar-refractivity contribution is -0.870. The topological polar surface area (TPSA) is 114 Å². The number of quaternary nitrogens is 1. The Balaban J connectivity index is 5.51. The molecule has 404 valence electrons. The third kappa shape index (κ3) is 50.1. The molecule has 0 spiro atoms. The third-order valence-electron chi connectivity index (χ3n) is 12.1. The van der Waals surface area contributed by atoms with Gasteiger partial charge in [-0.15, -0.1) is 0 Å². The van der Waals surface area contributed by atoms with Crippen LogP contribution in [0.15, 0.2) is 85.1 Å². The minimum atomic E-state index is -4.72. The molecular weight excluding hydrogens is 892 g/mol. The maximum atomic E-state index is 13.4. The second-order valence-electron chi connectivity index (χ2n) is 20.1. The summed E-state index contributed by atoms with van der Waals surface area (Å²) in [5, 5.41) is 2.97. The lowest BCUT2D eigenvalue weighted by Gasteiger charge is -2.30. The van der Waals surface area contributed by atoms with Gasteiger partial charge in [0, 0.05) is 12.8 Å². The van der Waals surface area contributed by atoms with Crippen LogP contribution in [0.1, 0.15) is 233 Å². The van der Waals surface area contributed by atoms with Gasteiger partial charge in [-0.25, -0.2) is 0 Å². The molecule has 0 saturated heterocycles. The Labute approximate surface area is 431 Å². The first-order valence-electron chi connectivity index (χ1n) is 28.4. The molecule has 0 bridgehead atoms. The fourth-order valence-electron chi connectivity index (χ4n) is 7.68. The number of nitrogens with one attached hydrogen (secondary N) is 1. The minimum absolute atomic E-state index is 0.0393. The average Bonchev–Trinajstić information content (AvgIpc) is 3.32. The number of esters is 1. The SMILES string of the molecule is CC/C=C/C/C=C/C/C=C/C/C=C/C/C=C/CCC(=O)NC(COP(=O)([O-])OCC[N+](C)(C)C)C(/C=C/CCCCCCCCCCCCC)OC(=O)CCCCCCCCC/C=C\CCCCCC. The summed E-state index contributed by atoms with van der Waals surface area (Å²) < 4.78 is 30.2. The summed E-state index contributed by atoms with van der Waals surface area (Å²) in [5.74, 6) is -0.646. The third-order valence-corrected chi connectivity index (χ3v) is 13.0. The Morgan fingerprint density at radius 2 is 0.929 bits per heavy atom. The summed E-state index contributed by atoms with van der Waals surface area (Å²) in [6.45, 7) is 6.64. The number of carbonyl (C=O) groups is 2. The molecule has 0 saturated carbocycles. The second-order valence-corrected chi connectivity index (χ2v) is 21.5. The van der Waals surface area contributed by atoms with Gasteiger partial charge < -0.3 is 28.5 Å². The molecular formula is C60H107N2O7P. The van der Waals surface area contributed by atoms with E-state index in [1.165, 1.54) is 109 Å². The van der Waals surface area contributed by atoms with E-state index in [0.29, 0.717) is 23.9 Å². The summed E-state index contributed by atoms with van der Waals surface area (Å²) in [6, 6.07) is -0.932. The zero-order valence-electron chi connectivity index (χ0n) is 45.9. The van der Waals surface area contributed by atoms with Gasteiger partial charge in [-0.3, -0.25) is 14.2 Å². The molecule has 0 heterocycles. The fourth-order valence-corrected chi connectivity index (χ4v) is 8.40. The van der Waals surface area contributed by atoms with E-state index in [9.17, 15) is 19.0 Å². The Morgan fingerprint density at radius 3 is 1.41 bits per heavy atom. The van der Waals surface area contributed by atoms with E-state index < -0.39 is 26.6 Å². The number of amides is 1. The highest BCUT2D eigenvalue weighted by Gasteiger charge is 2.27. The number of phosphoric ester groups is 1. The molecule has 10 heteroatoms. The van der Waals surface area contributed by atoms with Crippen LogP contribution in [-0.4, -0.2) is 69.4 Å². The van der Waals surface area contributed by atoms with Crippen molar-refractivity contribution in [3.8, 4) is 0 Å². The monoisotopic (exact) mass is 999 g/mol. The van der Waals surface area contributed by atoms with Gasteiger partial charge in [-0.2, -0.15) is 0 Å². The number of phosphoric acid groups is 1. The van der Waals surface area contributed by atoms with Crippen molar-refractivity contribution in [3.63, 3.8) is 0 Å². The Morgan fingerprint density at radius 1 is 0.514 bits per heavy atom. The molecule has 0 fully saturated rings. The van der Waals surface area contributed by atoms with E-state index in [0.717, 1.165) is 77.0 Å². The van der Waals surface area contributed by atoms with Crippen molar-refractivity contribution >= 4 is 19.7 Å². The van der Waals surface area contributed by atoms with Crippen LogP contribution >= 0.6 is 7.82 Å². The maximum Gasteiger partial charge on any atom is 0.306 e. The van der Waals surface area contributed by atoms with Crippen LogP contribution in [0.25, 0.3) is 0 Å². The van der Waals surface area contributed by atoms with Gasteiger partial charge in [0.15, 0.2) is 0 Å². The zero-order chi connectivity index (χ0) is 51.5. The Bertz CT molecular complexity index is 1480. The second kappa shape index (κ2) is 49.8. The van der Waals surface area contributed by atoms with Crippen LogP contribution in [0.5, 0.6) is 0 Å². The quantitative estimate of drug-likeness (QED) is 0.0212. The van der Waals surface area contributed by atoms with E-state index in [-0.39, 0.29) is 31.3 Å². The largest absolute Gasteiger partial charge is 0.756 e. The molecule has 0 aromatic heterocycles. The van der Waals surface area contributed by atoms with Gasteiger partial charge in [0.2, 0.25) is 5.91 Å². The van der Waals surface area contributed by atoms with Gasteiger partial charge in [0.05, 0.1) is 33.8 Å². The highest BCUT2D eigenvalue weighted by atomic mass is 31.2. The molecule has 3 atom stereocenters. The average molecular weight is 999 g/mol. The number of rotatable bonds is 50. The maximum absolute atomic E-state index is 13.4. The number of allylic oxidation sites excluding steroid dienone is 13. The van der Waals surface area contributed by atoms with Crippen molar-refractivity contribution in [2.24, 2.45) is 0 Å². The summed E-state index contributed by atoms with van der Waals surface area (Å²) in [5.41, 5.74) is 0. The molecule has 0 aromatic rings. The van der Waals surface area contributed by atoms with Gasteiger partial charge in [0.1, 0.15) is 19.3 Å². The van der Waals surface area contributed by atoms with E-state index in [4.69, 9.17) is 13.8 Å². The molecule has 0 aromatic carbocycles. The molecule has 9 nitrogen and oxygen atoms in total. The lowest BCUT2D eigenvalue weighted by atomic mass is 10.0. The van der Waals surface area contributed by atoms with E-state index in [1.807, 2.05) is 45.4 Å². The number of unbranched alkanes of at least 4 members (excludes halogenated alkanes) is 22. The number of likely N-dealkylation sites (N-methyl/N-ethyl adjacent to an activating group) is 1. The molecule has 0 rings (SSSR count). The van der Waals surface area contributed by atoms with Crippen molar-refractivity contribution < 1.29 is 37.3 Å². The Hall–Kier alpha value is -2.81. The molecule has 3 unspecified atom stereocenters. The normalized spacial score (nSPS) is 14.4. The van der Waals surface area contributed by atoms with Crippen LogP contribution in [0.4, 0.5) is 0 Å². The minimum Gasteiger partial charge on any atom is -0.756 e. The van der Waals surface area contributed by atoms with Crippen molar-refractivity contribution in [2.75, 3.05) is 40.9 Å². The number of ether oxygens (including phenoxy) is 1. The standard InChI is InChI=1S/C60H107N2O7P/c1-7-10-13-16-19-22-25-28-30-32-34-37-40-43-46-49-52-59(63)61-57(56-68-70(65,66)67-55-54-62(4,5)6)58(51-48-45-42-39-36-33-27-24-21-18-15-12-9-3)69-60(64)53-50-47-44-41-38-35-31-29-26-23-20-17-14-11-8-2/h10,13,19,22-23,26,28,30,34,37,43,46,48,51,57-58H,7-9,11-12,14-18,20-21,24-25,27,29,31-33,35-36,38-42,44-45,47,49-50,52-56H2,1-6H3,(H-,61,63,65,66)/b13-10+,22-19+,26-23-,30-28+,37-34+,46-43+,51-48+. The van der Waals surface area contributed by atoms with Crippen LogP contribution in [0, 0.1) is 0 Å². The number of hydrogen-bond acceptors (Lipinski definition) is 7. The summed E-state index contributed by atoms with van der Waals surface area (Å²) >= 11 is 0. The number of carbonyl (C=O) groups excluding carboxylic acids is 2. The smallest absolute Gasteiger partial charge is 0.306 e. The predicted molar refractivity (Wildman–Crippen MR) is 298 cm³/mol. The zero-order valence-corrected chi connectivity index (χ0v) is 46.8. The first-order chi connectivity index (χ1) is 33.9. The van der Waals surface area contributed by atoms with Crippen molar-refractivity contribution in [2.45, 2.75) is 245 Å². The molecule has 0 aliphatic rings. The van der Waals surface area contributed by atoms with Crippen molar-refractivity contribution in [1.29, 1.82) is 0 Å². The van der Waals surface area contributed by atoms with Crippen molar-refractivity contribution in [3.05, 3.63) is 85.1 Å². The highest BCUT2D eigenvalue weighted by Crippen LogP contribution is 2.38. The van der Waals surface area contributed by atoms with Crippen LogP contribution < -0.4 is 10.2 Å². The first-order valence-corrected chi connectivity index (χ1v) is 29.9. The highest BCUT2D eigenvalue weighted by molar-refractivity contribution is 7.45. The van der Waals surface area contributed by atoms with Gasteiger partial charge >= 0.3 is 5.97 Å².